The summed E-state index contributed by atoms with van der Waals surface area (Å²) in [6, 6.07) is 9.34. The molecule has 0 aliphatic carbocycles. The van der Waals surface area contributed by atoms with Crippen molar-refractivity contribution in [3.8, 4) is 0 Å². The van der Waals surface area contributed by atoms with E-state index in [2.05, 4.69) is 5.10 Å². The normalized spacial score (nSPS) is 21.6. The van der Waals surface area contributed by atoms with E-state index < -0.39 is 10.0 Å². The Balaban J connectivity index is 1.37. The molecule has 0 bridgehead atoms. The molecule has 0 spiro atoms. The smallest absolute Gasteiger partial charge is 0.226 e. The summed E-state index contributed by atoms with van der Waals surface area (Å²) >= 11 is 0. The number of aryl methyl sites for hydroxylation is 1. The number of amides is 1. The molecular weight excluding hydrogens is 388 g/mol. The molecule has 1 aromatic carbocycles. The summed E-state index contributed by atoms with van der Waals surface area (Å²) in [4.78, 5) is 15.2. The number of aromatic nitrogens is 2. The Kier molecular flexibility index (Phi) is 5.74. The summed E-state index contributed by atoms with van der Waals surface area (Å²) in [5, 5.41) is 4.24. The molecular formula is C21H28N4O3S. The number of rotatable bonds is 5. The highest BCUT2D eigenvalue weighted by Gasteiger charge is 2.37. The van der Waals surface area contributed by atoms with Gasteiger partial charge in [0, 0.05) is 44.4 Å². The average molecular weight is 417 g/mol. The van der Waals surface area contributed by atoms with Crippen molar-refractivity contribution in [2.45, 2.75) is 37.5 Å². The van der Waals surface area contributed by atoms with Gasteiger partial charge in [-0.25, -0.2) is 12.7 Å². The van der Waals surface area contributed by atoms with E-state index in [0.29, 0.717) is 25.9 Å². The first-order valence-corrected chi connectivity index (χ1v) is 11.9. The van der Waals surface area contributed by atoms with Crippen molar-refractivity contribution in [2.24, 2.45) is 13.0 Å². The second-order valence-corrected chi connectivity index (χ2v) is 10.0. The topological polar surface area (TPSA) is 75.5 Å². The monoisotopic (exact) mass is 416 g/mol. The maximum absolute atomic E-state index is 13.2. The molecule has 7 nitrogen and oxygen atoms in total. The Morgan fingerprint density at radius 1 is 1.10 bits per heavy atom. The van der Waals surface area contributed by atoms with Crippen LogP contribution in [0.25, 0.3) is 0 Å². The first-order chi connectivity index (χ1) is 13.9. The van der Waals surface area contributed by atoms with Gasteiger partial charge in [0.2, 0.25) is 15.9 Å². The number of piperidine rings is 1. The van der Waals surface area contributed by atoms with Crippen LogP contribution >= 0.6 is 0 Å². The van der Waals surface area contributed by atoms with Crippen molar-refractivity contribution in [3.05, 3.63) is 53.9 Å². The molecule has 2 fully saturated rings. The highest BCUT2D eigenvalue weighted by atomic mass is 32.2. The SMILES string of the molecule is Cn1cc(C2CCCN2C(=O)C2CCN(S(=O)(=O)Cc3ccccc3)CC2)cn1. The minimum atomic E-state index is -3.36. The molecule has 4 rings (SSSR count). The highest BCUT2D eigenvalue weighted by Crippen LogP contribution is 2.34. The molecule has 3 heterocycles. The molecule has 0 saturated carbocycles. The van der Waals surface area contributed by atoms with Crippen LogP contribution < -0.4 is 0 Å². The molecule has 1 unspecified atom stereocenters. The molecule has 2 aliphatic heterocycles. The van der Waals surface area contributed by atoms with Crippen LogP contribution in [0.3, 0.4) is 0 Å². The van der Waals surface area contributed by atoms with E-state index >= 15 is 0 Å². The minimum Gasteiger partial charge on any atom is -0.335 e. The molecule has 2 saturated heterocycles. The molecule has 0 N–H and O–H groups in total. The lowest BCUT2D eigenvalue weighted by Gasteiger charge is -2.34. The van der Waals surface area contributed by atoms with Gasteiger partial charge in [-0.05, 0) is 31.2 Å². The molecule has 156 valence electrons. The highest BCUT2D eigenvalue weighted by molar-refractivity contribution is 7.88. The van der Waals surface area contributed by atoms with Gasteiger partial charge >= 0.3 is 0 Å². The fourth-order valence-electron chi connectivity index (χ4n) is 4.48. The molecule has 1 atom stereocenters. The number of carbonyl (C=O) groups is 1. The van der Waals surface area contributed by atoms with Gasteiger partial charge < -0.3 is 4.90 Å². The molecule has 2 aliphatic rings. The first kappa shape index (κ1) is 20.1. The summed E-state index contributed by atoms with van der Waals surface area (Å²) in [7, 11) is -1.47. The predicted molar refractivity (Wildman–Crippen MR) is 110 cm³/mol. The second kappa shape index (κ2) is 8.28. The van der Waals surface area contributed by atoms with Crippen molar-refractivity contribution >= 4 is 15.9 Å². The van der Waals surface area contributed by atoms with Gasteiger partial charge in [0.05, 0.1) is 18.0 Å². The zero-order valence-corrected chi connectivity index (χ0v) is 17.6. The lowest BCUT2D eigenvalue weighted by atomic mass is 9.95. The fraction of sp³-hybridized carbons (Fsp3) is 0.524. The maximum atomic E-state index is 13.2. The third-order valence-corrected chi connectivity index (χ3v) is 7.88. The molecule has 1 amide bonds. The van der Waals surface area contributed by atoms with Crippen molar-refractivity contribution in [2.75, 3.05) is 19.6 Å². The average Bonchev–Trinajstić information content (AvgIpc) is 3.37. The summed E-state index contributed by atoms with van der Waals surface area (Å²) < 4.78 is 28.8. The Bertz CT molecular complexity index is 949. The maximum Gasteiger partial charge on any atom is 0.226 e. The lowest BCUT2D eigenvalue weighted by molar-refractivity contribution is -0.137. The van der Waals surface area contributed by atoms with Crippen LogP contribution in [0.1, 0.15) is 42.9 Å². The van der Waals surface area contributed by atoms with Crippen LogP contribution in [0.4, 0.5) is 0 Å². The van der Waals surface area contributed by atoms with Gasteiger partial charge in [-0.15, -0.1) is 0 Å². The summed E-state index contributed by atoms with van der Waals surface area (Å²) in [5.41, 5.74) is 1.88. The Hall–Kier alpha value is -2.19. The molecule has 0 radical (unpaired) electrons. The zero-order valence-electron chi connectivity index (χ0n) is 16.8. The third-order valence-electron chi connectivity index (χ3n) is 6.03. The van der Waals surface area contributed by atoms with E-state index in [1.807, 2.05) is 54.7 Å². The summed E-state index contributed by atoms with van der Waals surface area (Å²) in [6.45, 7) is 1.60. The van der Waals surface area contributed by atoms with E-state index in [4.69, 9.17) is 0 Å². The summed E-state index contributed by atoms with van der Waals surface area (Å²) in [6.07, 6.45) is 6.95. The Morgan fingerprint density at radius 3 is 2.48 bits per heavy atom. The standard InChI is InChI=1S/C21H28N4O3S/c1-23-15-19(14-22-23)20-8-5-11-25(20)21(26)18-9-12-24(13-10-18)29(27,28)16-17-6-3-2-4-7-17/h2-4,6-7,14-15,18,20H,5,8-13,16H2,1H3. The van der Waals surface area contributed by atoms with Gasteiger partial charge in [0.25, 0.3) is 0 Å². The molecule has 2 aromatic rings. The number of carbonyl (C=O) groups excluding carboxylic acids is 1. The van der Waals surface area contributed by atoms with Crippen LogP contribution in [0, 0.1) is 5.92 Å². The number of hydrogen-bond acceptors (Lipinski definition) is 4. The fourth-order valence-corrected chi connectivity index (χ4v) is 6.04. The molecule has 8 heteroatoms. The van der Waals surface area contributed by atoms with E-state index in [1.165, 1.54) is 0 Å². The van der Waals surface area contributed by atoms with E-state index in [0.717, 1.165) is 30.5 Å². The number of benzene rings is 1. The number of hydrogen-bond donors (Lipinski definition) is 0. The van der Waals surface area contributed by atoms with Crippen LogP contribution in [0.2, 0.25) is 0 Å². The quantitative estimate of drug-likeness (QED) is 0.750. The van der Waals surface area contributed by atoms with Gasteiger partial charge in [-0.3, -0.25) is 9.48 Å². The second-order valence-electron chi connectivity index (χ2n) is 8.05. The van der Waals surface area contributed by atoms with E-state index in [-0.39, 0.29) is 23.6 Å². The predicted octanol–water partition coefficient (Wildman–Crippen LogP) is 2.33. The van der Waals surface area contributed by atoms with Crippen LogP contribution in [-0.4, -0.2) is 52.9 Å². The van der Waals surface area contributed by atoms with Crippen molar-refractivity contribution in [3.63, 3.8) is 0 Å². The third kappa shape index (κ3) is 4.38. The lowest BCUT2D eigenvalue weighted by Crippen LogP contribution is -2.44. The van der Waals surface area contributed by atoms with Gasteiger partial charge in [0.15, 0.2) is 0 Å². The number of nitrogens with zero attached hydrogens (tertiary/aromatic N) is 4. The van der Waals surface area contributed by atoms with Crippen LogP contribution in [0.5, 0.6) is 0 Å². The minimum absolute atomic E-state index is 0.0155. The van der Waals surface area contributed by atoms with Gasteiger partial charge in [0.1, 0.15) is 0 Å². The van der Waals surface area contributed by atoms with Crippen LogP contribution in [-0.2, 0) is 27.6 Å². The Labute approximate surface area is 172 Å². The van der Waals surface area contributed by atoms with Gasteiger partial charge in [-0.1, -0.05) is 30.3 Å². The van der Waals surface area contributed by atoms with Crippen molar-refractivity contribution in [1.82, 2.24) is 19.0 Å². The van der Waals surface area contributed by atoms with E-state index in [1.54, 1.807) is 8.99 Å². The van der Waals surface area contributed by atoms with Crippen molar-refractivity contribution < 1.29 is 13.2 Å². The molecule has 29 heavy (non-hydrogen) atoms. The zero-order chi connectivity index (χ0) is 20.4. The summed E-state index contributed by atoms with van der Waals surface area (Å²) in [5.74, 6) is 0.0775. The first-order valence-electron chi connectivity index (χ1n) is 10.2. The van der Waals surface area contributed by atoms with E-state index in [9.17, 15) is 13.2 Å². The largest absolute Gasteiger partial charge is 0.335 e. The van der Waals surface area contributed by atoms with Crippen LogP contribution in [0.15, 0.2) is 42.7 Å². The number of likely N-dealkylation sites (tertiary alicyclic amines) is 1. The molecule has 1 aromatic heterocycles. The van der Waals surface area contributed by atoms with Gasteiger partial charge in [-0.2, -0.15) is 5.10 Å². The number of sulfonamides is 1. The Morgan fingerprint density at radius 2 is 1.83 bits per heavy atom. The van der Waals surface area contributed by atoms with Crippen molar-refractivity contribution in [1.29, 1.82) is 0 Å².